The van der Waals surface area contributed by atoms with Gasteiger partial charge in [0, 0.05) is 23.9 Å². The van der Waals surface area contributed by atoms with Gasteiger partial charge < -0.3 is 29.7 Å². The Labute approximate surface area is 190 Å². The molecule has 1 aliphatic heterocycles. The third-order valence-electron chi connectivity index (χ3n) is 5.98. The van der Waals surface area contributed by atoms with Crippen molar-refractivity contribution in [3.63, 3.8) is 0 Å². The summed E-state index contributed by atoms with van der Waals surface area (Å²) in [6.45, 7) is 5.66. The molecule has 0 radical (unpaired) electrons. The van der Waals surface area contributed by atoms with Crippen LogP contribution in [-0.4, -0.2) is 66.9 Å². The van der Waals surface area contributed by atoms with Gasteiger partial charge in [-0.25, -0.2) is 0 Å². The number of nitrogens with zero attached hydrogens (tertiary/aromatic N) is 1. The van der Waals surface area contributed by atoms with Crippen molar-refractivity contribution < 1.29 is 19.2 Å². The number of fused-ring (bicyclic) bond motifs is 3. The SMILES string of the molecule is COc1ccc2[nH]c3c(=O)n(CCCCC(=O)NCC[NH+]4CCOCC4)c(=S)[nH]c3c2c1. The highest BCUT2D eigenvalue weighted by Crippen LogP contribution is 2.25. The number of hydrogen-bond acceptors (Lipinski definition) is 5. The Bertz CT molecular complexity index is 1210. The zero-order chi connectivity index (χ0) is 22.5. The van der Waals surface area contributed by atoms with Gasteiger partial charge in [0.1, 0.15) is 24.4 Å². The number of quaternary nitrogens is 1. The Hall–Kier alpha value is -2.69. The van der Waals surface area contributed by atoms with E-state index < -0.39 is 0 Å². The molecule has 32 heavy (non-hydrogen) atoms. The third-order valence-corrected chi connectivity index (χ3v) is 6.30. The second-order valence-corrected chi connectivity index (χ2v) is 8.48. The number of ether oxygens (including phenoxy) is 2. The molecule has 4 N–H and O–H groups in total. The molecule has 0 atom stereocenters. The summed E-state index contributed by atoms with van der Waals surface area (Å²) in [5.74, 6) is 0.765. The van der Waals surface area contributed by atoms with Crippen LogP contribution in [-0.2, 0) is 16.1 Å². The molecule has 0 spiro atoms. The highest BCUT2D eigenvalue weighted by atomic mass is 32.1. The monoisotopic (exact) mass is 460 g/mol. The normalized spacial score (nSPS) is 14.8. The first kappa shape index (κ1) is 22.5. The summed E-state index contributed by atoms with van der Waals surface area (Å²) in [6, 6.07) is 5.61. The molecule has 10 heteroatoms. The number of nitrogens with one attached hydrogen (secondary N) is 4. The quantitative estimate of drug-likeness (QED) is 0.279. The van der Waals surface area contributed by atoms with Gasteiger partial charge >= 0.3 is 0 Å². The Morgan fingerprint density at radius 2 is 2.06 bits per heavy atom. The number of amides is 1. The van der Waals surface area contributed by atoms with Crippen molar-refractivity contribution in [3.8, 4) is 5.75 Å². The molecule has 1 aromatic carbocycles. The lowest BCUT2D eigenvalue weighted by Crippen LogP contribution is -3.14. The molecule has 1 fully saturated rings. The van der Waals surface area contributed by atoms with E-state index in [1.54, 1.807) is 11.7 Å². The summed E-state index contributed by atoms with van der Waals surface area (Å²) >= 11 is 5.45. The third kappa shape index (κ3) is 5.03. The van der Waals surface area contributed by atoms with Crippen LogP contribution in [0.5, 0.6) is 5.75 Å². The summed E-state index contributed by atoms with van der Waals surface area (Å²) in [5.41, 5.74) is 1.87. The Kier molecular flexibility index (Phi) is 7.23. The van der Waals surface area contributed by atoms with E-state index in [4.69, 9.17) is 21.7 Å². The minimum absolute atomic E-state index is 0.0511. The first-order valence-electron chi connectivity index (χ1n) is 11.1. The number of aromatic amines is 2. The molecule has 1 aliphatic rings. The number of H-pyrrole nitrogens is 2. The molecule has 1 saturated heterocycles. The second kappa shape index (κ2) is 10.3. The number of rotatable bonds is 9. The topological polar surface area (TPSA) is 106 Å². The van der Waals surface area contributed by atoms with E-state index in [2.05, 4.69) is 15.3 Å². The van der Waals surface area contributed by atoms with Crippen molar-refractivity contribution >= 4 is 40.1 Å². The van der Waals surface area contributed by atoms with E-state index in [0.717, 1.165) is 43.8 Å². The number of benzene rings is 1. The summed E-state index contributed by atoms with van der Waals surface area (Å²) < 4.78 is 12.6. The van der Waals surface area contributed by atoms with Crippen molar-refractivity contribution in [2.75, 3.05) is 46.5 Å². The number of hydrogen-bond donors (Lipinski definition) is 4. The molecule has 0 aliphatic carbocycles. The second-order valence-electron chi connectivity index (χ2n) is 8.09. The van der Waals surface area contributed by atoms with Gasteiger partial charge in [0.25, 0.3) is 5.56 Å². The number of methoxy groups -OCH3 is 1. The molecule has 3 heterocycles. The lowest BCUT2D eigenvalue weighted by Gasteiger charge is -2.23. The fraction of sp³-hybridized carbons (Fsp3) is 0.500. The van der Waals surface area contributed by atoms with Gasteiger partial charge in [-0.05, 0) is 43.3 Å². The van der Waals surface area contributed by atoms with Gasteiger partial charge in [0.2, 0.25) is 5.91 Å². The first-order valence-corrected chi connectivity index (χ1v) is 11.5. The summed E-state index contributed by atoms with van der Waals surface area (Å²) in [7, 11) is 1.61. The first-order chi connectivity index (χ1) is 15.6. The molecule has 0 unspecified atom stereocenters. The molecule has 0 saturated carbocycles. The number of aromatic nitrogens is 3. The lowest BCUT2D eigenvalue weighted by atomic mass is 10.2. The van der Waals surface area contributed by atoms with Gasteiger partial charge in [0.15, 0.2) is 4.77 Å². The van der Waals surface area contributed by atoms with Crippen LogP contribution in [0, 0.1) is 4.77 Å². The Balaban J connectivity index is 1.32. The van der Waals surface area contributed by atoms with Crippen molar-refractivity contribution in [2.24, 2.45) is 0 Å². The highest BCUT2D eigenvalue weighted by molar-refractivity contribution is 7.71. The minimum atomic E-state index is -0.156. The standard InChI is InChI=1S/C22H29N5O4S/c1-30-15-5-6-17-16(14-15)19-20(24-17)21(29)27(22(32)25-19)8-3-2-4-18(28)23-7-9-26-10-12-31-13-11-26/h5-6,14,24H,2-4,7-13H2,1H3,(H,23,28)(H,25,32)/p+1. The number of carbonyl (C=O) groups excluding carboxylic acids is 1. The Morgan fingerprint density at radius 1 is 1.25 bits per heavy atom. The van der Waals surface area contributed by atoms with Gasteiger partial charge in [0.05, 0.1) is 38.9 Å². The lowest BCUT2D eigenvalue weighted by molar-refractivity contribution is -0.906. The molecule has 1 amide bonds. The number of morpholine rings is 1. The molecule has 2 aromatic heterocycles. The zero-order valence-electron chi connectivity index (χ0n) is 18.3. The van der Waals surface area contributed by atoms with Crippen molar-refractivity contribution in [1.82, 2.24) is 19.9 Å². The van der Waals surface area contributed by atoms with E-state index in [1.807, 2.05) is 18.2 Å². The van der Waals surface area contributed by atoms with Crippen LogP contribution in [0.2, 0.25) is 0 Å². The van der Waals surface area contributed by atoms with Crippen LogP contribution in [0.1, 0.15) is 19.3 Å². The van der Waals surface area contributed by atoms with Crippen LogP contribution in [0.15, 0.2) is 23.0 Å². The predicted octanol–water partition coefficient (Wildman–Crippen LogP) is 0.751. The fourth-order valence-electron chi connectivity index (χ4n) is 4.13. The number of carbonyl (C=O) groups is 1. The van der Waals surface area contributed by atoms with Crippen LogP contribution in [0.3, 0.4) is 0 Å². The minimum Gasteiger partial charge on any atom is -0.497 e. The van der Waals surface area contributed by atoms with E-state index in [-0.39, 0.29) is 11.5 Å². The molecular formula is C22H30N5O4S+. The summed E-state index contributed by atoms with van der Waals surface area (Å²) in [4.78, 5) is 33.0. The van der Waals surface area contributed by atoms with E-state index >= 15 is 0 Å². The van der Waals surface area contributed by atoms with Crippen molar-refractivity contribution in [1.29, 1.82) is 0 Å². The molecule has 0 bridgehead atoms. The largest absolute Gasteiger partial charge is 0.497 e. The average Bonchev–Trinajstić information content (AvgIpc) is 3.17. The van der Waals surface area contributed by atoms with E-state index in [1.165, 1.54) is 4.90 Å². The maximum Gasteiger partial charge on any atom is 0.278 e. The molecule has 9 nitrogen and oxygen atoms in total. The Morgan fingerprint density at radius 3 is 2.84 bits per heavy atom. The highest BCUT2D eigenvalue weighted by Gasteiger charge is 2.14. The van der Waals surface area contributed by atoms with Gasteiger partial charge in [-0.15, -0.1) is 0 Å². The van der Waals surface area contributed by atoms with Crippen molar-refractivity contribution in [3.05, 3.63) is 33.3 Å². The van der Waals surface area contributed by atoms with Crippen LogP contribution in [0.25, 0.3) is 21.9 Å². The molecule has 172 valence electrons. The van der Waals surface area contributed by atoms with Crippen LogP contribution >= 0.6 is 12.2 Å². The molecule has 3 aromatic rings. The molecule has 4 rings (SSSR count). The van der Waals surface area contributed by atoms with Crippen LogP contribution in [0.4, 0.5) is 0 Å². The number of unbranched alkanes of at least 4 members (excludes halogenated alkanes) is 1. The smallest absolute Gasteiger partial charge is 0.278 e. The van der Waals surface area contributed by atoms with Gasteiger partial charge in [-0.2, -0.15) is 0 Å². The predicted molar refractivity (Wildman–Crippen MR) is 125 cm³/mol. The fourth-order valence-corrected chi connectivity index (χ4v) is 4.40. The zero-order valence-corrected chi connectivity index (χ0v) is 19.1. The van der Waals surface area contributed by atoms with Gasteiger partial charge in [-0.1, -0.05) is 0 Å². The van der Waals surface area contributed by atoms with E-state index in [0.29, 0.717) is 53.9 Å². The average molecular weight is 461 g/mol. The van der Waals surface area contributed by atoms with Crippen LogP contribution < -0.4 is 20.5 Å². The maximum atomic E-state index is 13.0. The van der Waals surface area contributed by atoms with Gasteiger partial charge in [-0.3, -0.25) is 14.2 Å². The van der Waals surface area contributed by atoms with E-state index in [9.17, 15) is 9.59 Å². The summed E-state index contributed by atoms with van der Waals surface area (Å²) in [6.07, 6.45) is 1.83. The van der Waals surface area contributed by atoms with Crippen molar-refractivity contribution in [2.45, 2.75) is 25.8 Å². The maximum absolute atomic E-state index is 13.0. The summed E-state index contributed by atoms with van der Waals surface area (Å²) in [5, 5.41) is 3.85. The molecular weight excluding hydrogens is 430 g/mol.